The van der Waals surface area contributed by atoms with E-state index in [0.29, 0.717) is 6.42 Å². The van der Waals surface area contributed by atoms with Crippen LogP contribution in [0.3, 0.4) is 0 Å². The van der Waals surface area contributed by atoms with Crippen molar-refractivity contribution in [3.63, 3.8) is 0 Å². The molecule has 116 valence electrons. The van der Waals surface area contributed by atoms with Crippen LogP contribution in [0.2, 0.25) is 0 Å². The molecule has 21 heavy (non-hydrogen) atoms. The molecule has 0 saturated heterocycles. The maximum absolute atomic E-state index is 11.4. The molecule has 6 heteroatoms. The smallest absolute Gasteiger partial charge is 0.305 e. The van der Waals surface area contributed by atoms with Gasteiger partial charge in [0.25, 0.3) is 0 Å². The number of nitrogens with zero attached hydrogens (tertiary/aromatic N) is 2. The van der Waals surface area contributed by atoms with E-state index >= 15 is 0 Å². The van der Waals surface area contributed by atoms with Crippen LogP contribution < -0.4 is 0 Å². The maximum atomic E-state index is 11.4. The van der Waals surface area contributed by atoms with Crippen molar-refractivity contribution in [2.24, 2.45) is 10.8 Å². The second-order valence-electron chi connectivity index (χ2n) is 6.17. The zero-order valence-corrected chi connectivity index (χ0v) is 13.1. The third kappa shape index (κ3) is 9.45. The fourth-order valence-corrected chi connectivity index (χ4v) is 1.11. The van der Waals surface area contributed by atoms with E-state index in [1.807, 2.05) is 12.1 Å². The zero-order chi connectivity index (χ0) is 16.5. The predicted octanol–water partition coefficient (Wildman–Crippen LogP) is 2.34. The minimum Gasteiger partial charge on any atom is -0.464 e. The number of rotatable bonds is 8. The normalized spacial score (nSPS) is 11.1. The van der Waals surface area contributed by atoms with E-state index in [1.54, 1.807) is 27.7 Å². The molecule has 0 radical (unpaired) electrons. The number of ether oxygens (including phenoxy) is 2. The van der Waals surface area contributed by atoms with Crippen molar-refractivity contribution in [3.05, 3.63) is 0 Å². The summed E-state index contributed by atoms with van der Waals surface area (Å²) in [5, 5.41) is 17.6. The molecule has 6 nitrogen and oxygen atoms in total. The van der Waals surface area contributed by atoms with Crippen LogP contribution in [0.1, 0.15) is 47.0 Å². The van der Waals surface area contributed by atoms with E-state index in [9.17, 15) is 9.59 Å². The molecule has 0 heterocycles. The summed E-state index contributed by atoms with van der Waals surface area (Å²) in [6.07, 6.45) is 0.508. The van der Waals surface area contributed by atoms with Gasteiger partial charge in [-0.2, -0.15) is 10.5 Å². The van der Waals surface area contributed by atoms with Crippen LogP contribution in [0.4, 0.5) is 0 Å². The Morgan fingerprint density at radius 3 is 1.48 bits per heavy atom. The lowest BCUT2D eigenvalue weighted by atomic mass is 9.98. The van der Waals surface area contributed by atoms with Crippen molar-refractivity contribution in [2.75, 3.05) is 13.2 Å². The maximum Gasteiger partial charge on any atom is 0.305 e. The van der Waals surface area contributed by atoms with Crippen LogP contribution in [0, 0.1) is 33.5 Å². The molecule has 0 aromatic carbocycles. The highest BCUT2D eigenvalue weighted by molar-refractivity contribution is 5.72. The van der Waals surface area contributed by atoms with Crippen LogP contribution in [0.25, 0.3) is 0 Å². The molecule has 0 saturated carbocycles. The summed E-state index contributed by atoms with van der Waals surface area (Å²) in [6, 6.07) is 4.06. The average Bonchev–Trinajstić information content (AvgIpc) is 2.43. The summed E-state index contributed by atoms with van der Waals surface area (Å²) in [5.74, 6) is -0.882. The first-order valence-electron chi connectivity index (χ1n) is 6.76. The number of carbonyl (C=O) groups is 2. The highest BCUT2D eigenvalue weighted by Gasteiger charge is 2.20. The fourth-order valence-electron chi connectivity index (χ4n) is 1.11. The SMILES string of the molecule is CC(C)(C#N)COC(=O)CCCC(=O)OCC(C)(C)C#N. The number of carbonyl (C=O) groups excluding carboxylic acids is 2. The van der Waals surface area contributed by atoms with Crippen molar-refractivity contribution in [2.45, 2.75) is 47.0 Å². The molecule has 0 aliphatic heterocycles. The molecule has 0 aromatic rings. The standard InChI is InChI=1S/C15H22N2O4/c1-14(2,8-16)10-20-12(18)6-5-7-13(19)21-11-15(3,4)9-17/h5-7,10-11H2,1-4H3. The Morgan fingerprint density at radius 2 is 1.19 bits per heavy atom. The van der Waals surface area contributed by atoms with Crippen molar-refractivity contribution < 1.29 is 19.1 Å². The lowest BCUT2D eigenvalue weighted by molar-refractivity contribution is -0.147. The first-order chi connectivity index (χ1) is 9.62. The summed E-state index contributed by atoms with van der Waals surface area (Å²) >= 11 is 0. The summed E-state index contributed by atoms with van der Waals surface area (Å²) in [4.78, 5) is 22.8. The molecule has 0 atom stereocenters. The second kappa shape index (κ2) is 8.26. The quantitative estimate of drug-likeness (QED) is 0.637. The van der Waals surface area contributed by atoms with Gasteiger partial charge in [0.1, 0.15) is 13.2 Å². The molecule has 0 fully saturated rings. The van der Waals surface area contributed by atoms with Gasteiger partial charge in [-0.25, -0.2) is 0 Å². The summed E-state index contributed by atoms with van der Waals surface area (Å²) < 4.78 is 9.91. The van der Waals surface area contributed by atoms with Gasteiger partial charge in [0.2, 0.25) is 0 Å². The van der Waals surface area contributed by atoms with E-state index in [0.717, 1.165) is 0 Å². The van der Waals surface area contributed by atoms with Gasteiger partial charge in [0, 0.05) is 12.8 Å². The van der Waals surface area contributed by atoms with Gasteiger partial charge < -0.3 is 9.47 Å². The molecule has 0 bridgehead atoms. The highest BCUT2D eigenvalue weighted by atomic mass is 16.5. The Balaban J connectivity index is 3.85. The summed E-state index contributed by atoms with van der Waals surface area (Å²) in [6.45, 7) is 6.76. The molecule has 0 unspecified atom stereocenters. The Bertz CT molecular complexity index is 413. The highest BCUT2D eigenvalue weighted by Crippen LogP contribution is 2.15. The molecular weight excluding hydrogens is 272 g/mol. The number of hydrogen-bond acceptors (Lipinski definition) is 6. The lowest BCUT2D eigenvalue weighted by Crippen LogP contribution is -2.21. The van der Waals surface area contributed by atoms with E-state index in [2.05, 4.69) is 0 Å². The first kappa shape index (κ1) is 18.9. The van der Waals surface area contributed by atoms with Crippen LogP contribution in [0.15, 0.2) is 0 Å². The zero-order valence-electron chi connectivity index (χ0n) is 13.1. The minimum absolute atomic E-state index is 0.0309. The van der Waals surface area contributed by atoms with Gasteiger partial charge in [0.05, 0.1) is 23.0 Å². The minimum atomic E-state index is -0.711. The number of esters is 2. The molecule has 0 amide bonds. The van der Waals surface area contributed by atoms with Gasteiger partial charge in [-0.3, -0.25) is 9.59 Å². The third-order valence-electron chi connectivity index (χ3n) is 2.56. The molecule has 0 aliphatic carbocycles. The monoisotopic (exact) mass is 294 g/mol. The van der Waals surface area contributed by atoms with E-state index < -0.39 is 22.8 Å². The van der Waals surface area contributed by atoms with Gasteiger partial charge in [-0.05, 0) is 34.1 Å². The number of nitriles is 2. The van der Waals surface area contributed by atoms with Crippen molar-refractivity contribution in [3.8, 4) is 12.1 Å². The van der Waals surface area contributed by atoms with Gasteiger partial charge in [0.15, 0.2) is 0 Å². The molecular formula is C15H22N2O4. The van der Waals surface area contributed by atoms with Crippen molar-refractivity contribution in [1.29, 1.82) is 10.5 Å². The van der Waals surface area contributed by atoms with Crippen LogP contribution in [0.5, 0.6) is 0 Å². The van der Waals surface area contributed by atoms with Crippen LogP contribution in [-0.4, -0.2) is 25.2 Å². The van der Waals surface area contributed by atoms with Crippen LogP contribution >= 0.6 is 0 Å². The van der Waals surface area contributed by atoms with Gasteiger partial charge in [-0.1, -0.05) is 0 Å². The Hall–Kier alpha value is -2.08. The molecule has 0 spiro atoms. The van der Waals surface area contributed by atoms with E-state index in [-0.39, 0.29) is 26.1 Å². The van der Waals surface area contributed by atoms with Gasteiger partial charge >= 0.3 is 11.9 Å². The average molecular weight is 294 g/mol. The van der Waals surface area contributed by atoms with Crippen LogP contribution in [-0.2, 0) is 19.1 Å². The molecule has 0 aliphatic rings. The third-order valence-corrected chi connectivity index (χ3v) is 2.56. The topological polar surface area (TPSA) is 100 Å². The summed E-state index contributed by atoms with van der Waals surface area (Å²) in [7, 11) is 0. The Labute approximate surface area is 125 Å². The molecule has 0 aromatic heterocycles. The Kier molecular flexibility index (Phi) is 7.44. The molecule has 0 N–H and O–H groups in total. The lowest BCUT2D eigenvalue weighted by Gasteiger charge is -2.15. The first-order valence-corrected chi connectivity index (χ1v) is 6.76. The Morgan fingerprint density at radius 1 is 0.857 bits per heavy atom. The van der Waals surface area contributed by atoms with E-state index in [1.165, 1.54) is 0 Å². The van der Waals surface area contributed by atoms with E-state index in [4.69, 9.17) is 20.0 Å². The van der Waals surface area contributed by atoms with Crippen molar-refractivity contribution in [1.82, 2.24) is 0 Å². The number of hydrogen-bond donors (Lipinski definition) is 0. The predicted molar refractivity (Wildman–Crippen MR) is 74.6 cm³/mol. The largest absolute Gasteiger partial charge is 0.464 e. The van der Waals surface area contributed by atoms with Crippen molar-refractivity contribution >= 4 is 11.9 Å². The summed E-state index contributed by atoms with van der Waals surface area (Å²) in [5.41, 5.74) is -1.42. The second-order valence-corrected chi connectivity index (χ2v) is 6.17. The molecule has 0 rings (SSSR count). The fraction of sp³-hybridized carbons (Fsp3) is 0.733. The van der Waals surface area contributed by atoms with Gasteiger partial charge in [-0.15, -0.1) is 0 Å².